The maximum absolute atomic E-state index is 13.3. The fraction of sp³-hybridized carbons (Fsp3) is 0.417. The summed E-state index contributed by atoms with van der Waals surface area (Å²) in [6.07, 6.45) is 2.33. The van der Waals surface area contributed by atoms with Crippen LogP contribution in [0.2, 0.25) is 0 Å². The van der Waals surface area contributed by atoms with E-state index >= 15 is 0 Å². The van der Waals surface area contributed by atoms with Gasteiger partial charge in [-0.1, -0.05) is 0 Å². The summed E-state index contributed by atoms with van der Waals surface area (Å²) in [5.41, 5.74) is 0.0226. The van der Waals surface area contributed by atoms with Gasteiger partial charge in [0.2, 0.25) is 5.91 Å². The highest BCUT2D eigenvalue weighted by molar-refractivity contribution is 5.91. The van der Waals surface area contributed by atoms with E-state index in [4.69, 9.17) is 0 Å². The Balaban J connectivity index is 0.00000162. The standard InChI is InChI=1S/C12H14F2N2O.ClH/c13-8-3-4-11(10(14)6-8)16-12(17)7-9-2-1-5-15-9;/h3-4,6,9,15H,1-2,5,7H2,(H,16,17);1H. The van der Waals surface area contributed by atoms with E-state index in [1.807, 2.05) is 0 Å². The Morgan fingerprint density at radius 1 is 1.44 bits per heavy atom. The monoisotopic (exact) mass is 276 g/mol. The maximum atomic E-state index is 13.3. The van der Waals surface area contributed by atoms with Gasteiger partial charge in [0.1, 0.15) is 11.6 Å². The molecule has 18 heavy (non-hydrogen) atoms. The molecule has 2 rings (SSSR count). The van der Waals surface area contributed by atoms with Crippen LogP contribution in [0, 0.1) is 11.6 Å². The van der Waals surface area contributed by atoms with Crippen LogP contribution in [0.25, 0.3) is 0 Å². The Morgan fingerprint density at radius 2 is 2.22 bits per heavy atom. The molecule has 100 valence electrons. The Hall–Kier alpha value is -1.20. The summed E-state index contributed by atoms with van der Waals surface area (Å²) in [5, 5.41) is 5.63. The van der Waals surface area contributed by atoms with Crippen molar-refractivity contribution in [2.75, 3.05) is 11.9 Å². The van der Waals surface area contributed by atoms with Crippen LogP contribution in [0.5, 0.6) is 0 Å². The van der Waals surface area contributed by atoms with E-state index in [-0.39, 0.29) is 30.0 Å². The van der Waals surface area contributed by atoms with Crippen molar-refractivity contribution in [2.45, 2.75) is 25.3 Å². The lowest BCUT2D eigenvalue weighted by Crippen LogP contribution is -2.27. The van der Waals surface area contributed by atoms with Crippen LogP contribution in [0.1, 0.15) is 19.3 Å². The van der Waals surface area contributed by atoms with Crippen molar-refractivity contribution in [1.82, 2.24) is 5.32 Å². The Labute approximate surface area is 110 Å². The molecule has 1 amide bonds. The molecule has 1 fully saturated rings. The molecule has 3 nitrogen and oxygen atoms in total. The van der Waals surface area contributed by atoms with Crippen LogP contribution in [0.3, 0.4) is 0 Å². The van der Waals surface area contributed by atoms with Gasteiger partial charge < -0.3 is 10.6 Å². The lowest BCUT2D eigenvalue weighted by molar-refractivity contribution is -0.116. The Morgan fingerprint density at radius 3 is 2.83 bits per heavy atom. The van der Waals surface area contributed by atoms with Crippen LogP contribution >= 0.6 is 12.4 Å². The predicted octanol–water partition coefficient (Wildman–Crippen LogP) is 2.47. The van der Waals surface area contributed by atoms with E-state index in [0.29, 0.717) is 6.42 Å². The molecule has 1 saturated heterocycles. The second-order valence-electron chi connectivity index (χ2n) is 4.17. The smallest absolute Gasteiger partial charge is 0.226 e. The van der Waals surface area contributed by atoms with Crippen molar-refractivity contribution in [3.63, 3.8) is 0 Å². The Kier molecular flexibility index (Phi) is 5.50. The molecule has 1 aliphatic rings. The minimum absolute atomic E-state index is 0. The predicted molar refractivity (Wildman–Crippen MR) is 67.9 cm³/mol. The first-order chi connectivity index (χ1) is 8.15. The lowest BCUT2D eigenvalue weighted by Gasteiger charge is -2.10. The zero-order chi connectivity index (χ0) is 12.3. The first-order valence-electron chi connectivity index (χ1n) is 5.63. The average Bonchev–Trinajstić information content (AvgIpc) is 2.75. The summed E-state index contributed by atoms with van der Waals surface area (Å²) in [6, 6.07) is 3.26. The highest BCUT2D eigenvalue weighted by Crippen LogP contribution is 2.16. The van der Waals surface area contributed by atoms with E-state index in [0.717, 1.165) is 31.5 Å². The number of halogens is 3. The van der Waals surface area contributed by atoms with Gasteiger partial charge in [-0.25, -0.2) is 8.78 Å². The van der Waals surface area contributed by atoms with Crippen molar-refractivity contribution in [2.24, 2.45) is 0 Å². The third kappa shape index (κ3) is 3.92. The van der Waals surface area contributed by atoms with Crippen LogP contribution in [-0.4, -0.2) is 18.5 Å². The van der Waals surface area contributed by atoms with Gasteiger partial charge in [-0.15, -0.1) is 12.4 Å². The number of anilines is 1. The maximum Gasteiger partial charge on any atom is 0.226 e. The molecule has 6 heteroatoms. The van der Waals surface area contributed by atoms with Crippen molar-refractivity contribution in [3.8, 4) is 0 Å². The SMILES string of the molecule is Cl.O=C(CC1CCCN1)Nc1ccc(F)cc1F. The minimum atomic E-state index is -0.752. The minimum Gasteiger partial charge on any atom is -0.324 e. The molecule has 0 radical (unpaired) electrons. The number of hydrogen-bond donors (Lipinski definition) is 2. The molecule has 0 bridgehead atoms. The first-order valence-corrected chi connectivity index (χ1v) is 5.63. The third-order valence-electron chi connectivity index (χ3n) is 2.80. The van der Waals surface area contributed by atoms with Crippen molar-refractivity contribution >= 4 is 24.0 Å². The van der Waals surface area contributed by atoms with Gasteiger partial charge in [-0.05, 0) is 31.5 Å². The largest absolute Gasteiger partial charge is 0.324 e. The number of benzene rings is 1. The molecule has 1 heterocycles. The van der Waals surface area contributed by atoms with Gasteiger partial charge in [0.15, 0.2) is 0 Å². The molecular weight excluding hydrogens is 262 g/mol. The summed E-state index contributed by atoms with van der Waals surface area (Å²) in [4.78, 5) is 11.6. The van der Waals surface area contributed by atoms with Gasteiger partial charge in [-0.2, -0.15) is 0 Å². The third-order valence-corrected chi connectivity index (χ3v) is 2.80. The number of hydrogen-bond acceptors (Lipinski definition) is 2. The van der Waals surface area contributed by atoms with Crippen LogP contribution < -0.4 is 10.6 Å². The quantitative estimate of drug-likeness (QED) is 0.890. The molecule has 1 atom stereocenters. The van der Waals surface area contributed by atoms with Crippen LogP contribution in [0.15, 0.2) is 18.2 Å². The molecule has 0 saturated carbocycles. The van der Waals surface area contributed by atoms with Gasteiger partial charge in [0.05, 0.1) is 5.69 Å². The topological polar surface area (TPSA) is 41.1 Å². The second-order valence-corrected chi connectivity index (χ2v) is 4.17. The molecule has 1 aromatic carbocycles. The first kappa shape index (κ1) is 14.9. The fourth-order valence-electron chi connectivity index (χ4n) is 1.95. The second kappa shape index (κ2) is 6.66. The molecule has 1 unspecified atom stereocenters. The Bertz CT molecular complexity index is 423. The van der Waals surface area contributed by atoms with Gasteiger partial charge in [0.25, 0.3) is 0 Å². The summed E-state index contributed by atoms with van der Waals surface area (Å²) in [5.74, 6) is -1.66. The molecular formula is C12H15ClF2N2O. The summed E-state index contributed by atoms with van der Waals surface area (Å²) < 4.78 is 25.9. The summed E-state index contributed by atoms with van der Waals surface area (Å²) in [7, 11) is 0. The number of carbonyl (C=O) groups is 1. The van der Waals surface area contributed by atoms with E-state index in [2.05, 4.69) is 10.6 Å². The summed E-state index contributed by atoms with van der Waals surface area (Å²) >= 11 is 0. The average molecular weight is 277 g/mol. The van der Waals surface area contributed by atoms with E-state index < -0.39 is 11.6 Å². The van der Waals surface area contributed by atoms with Gasteiger partial charge in [0, 0.05) is 18.5 Å². The highest BCUT2D eigenvalue weighted by Gasteiger charge is 2.18. The van der Waals surface area contributed by atoms with E-state index in [1.165, 1.54) is 6.07 Å². The van der Waals surface area contributed by atoms with Crippen molar-refractivity contribution < 1.29 is 13.6 Å². The molecule has 2 N–H and O–H groups in total. The van der Waals surface area contributed by atoms with Crippen molar-refractivity contribution in [1.29, 1.82) is 0 Å². The lowest BCUT2D eigenvalue weighted by atomic mass is 10.1. The number of carbonyl (C=O) groups excluding carboxylic acids is 1. The fourth-order valence-corrected chi connectivity index (χ4v) is 1.95. The van der Waals surface area contributed by atoms with Crippen LogP contribution in [-0.2, 0) is 4.79 Å². The summed E-state index contributed by atoms with van der Waals surface area (Å²) in [6.45, 7) is 0.920. The van der Waals surface area contributed by atoms with Crippen LogP contribution in [0.4, 0.5) is 14.5 Å². The van der Waals surface area contributed by atoms with Gasteiger partial charge in [-0.3, -0.25) is 4.79 Å². The van der Waals surface area contributed by atoms with Gasteiger partial charge >= 0.3 is 0 Å². The zero-order valence-electron chi connectivity index (χ0n) is 9.71. The molecule has 1 aromatic rings. The van der Waals surface area contributed by atoms with Crippen molar-refractivity contribution in [3.05, 3.63) is 29.8 Å². The highest BCUT2D eigenvalue weighted by atomic mass is 35.5. The number of amides is 1. The van der Waals surface area contributed by atoms with E-state index in [1.54, 1.807) is 0 Å². The molecule has 0 aromatic heterocycles. The number of nitrogens with one attached hydrogen (secondary N) is 2. The molecule has 0 aliphatic carbocycles. The zero-order valence-corrected chi connectivity index (χ0v) is 10.5. The number of rotatable bonds is 3. The normalized spacial score (nSPS) is 18.2. The van der Waals surface area contributed by atoms with E-state index in [9.17, 15) is 13.6 Å². The molecule has 1 aliphatic heterocycles. The molecule has 0 spiro atoms.